The molecular weight excluding hydrogens is 445 g/mol. The number of nitrogens with one attached hydrogen (secondary N) is 1. The molecule has 0 bridgehead atoms. The predicted octanol–water partition coefficient (Wildman–Crippen LogP) is 4.80. The van der Waals surface area contributed by atoms with Gasteiger partial charge in [0, 0.05) is 18.0 Å². The van der Waals surface area contributed by atoms with E-state index in [0.29, 0.717) is 42.5 Å². The quantitative estimate of drug-likeness (QED) is 0.596. The molecule has 2 atom stereocenters. The second-order valence-corrected chi connectivity index (χ2v) is 8.90. The van der Waals surface area contributed by atoms with Crippen molar-refractivity contribution < 1.29 is 13.9 Å². The number of aromatic nitrogens is 3. The number of carbonyl (C=O) groups is 1. The zero-order valence-corrected chi connectivity index (χ0v) is 19.1. The van der Waals surface area contributed by atoms with Crippen molar-refractivity contribution >= 4 is 17.6 Å². The molecule has 0 saturated carbocycles. The predicted molar refractivity (Wildman–Crippen MR) is 122 cm³/mol. The molecule has 2 amide bonds. The number of carbonyl (C=O) groups excluding carboxylic acids is 1. The lowest BCUT2D eigenvalue weighted by atomic mass is 10.00. The van der Waals surface area contributed by atoms with Gasteiger partial charge < -0.3 is 19.5 Å². The van der Waals surface area contributed by atoms with E-state index in [2.05, 4.69) is 15.5 Å². The van der Waals surface area contributed by atoms with Crippen LogP contribution in [0, 0.1) is 12.7 Å². The molecule has 3 heterocycles. The summed E-state index contributed by atoms with van der Waals surface area (Å²) in [4.78, 5) is 15.1. The van der Waals surface area contributed by atoms with Gasteiger partial charge in [-0.3, -0.25) is 0 Å². The lowest BCUT2D eigenvalue weighted by Gasteiger charge is -2.31. The van der Waals surface area contributed by atoms with Gasteiger partial charge in [0.2, 0.25) is 0 Å². The van der Waals surface area contributed by atoms with Crippen LogP contribution in [0.25, 0.3) is 0 Å². The smallest absolute Gasteiger partial charge is 0.318 e. The van der Waals surface area contributed by atoms with Crippen molar-refractivity contribution in [1.82, 2.24) is 25.0 Å². The van der Waals surface area contributed by atoms with Crippen molar-refractivity contribution in [3.8, 4) is 5.75 Å². The summed E-state index contributed by atoms with van der Waals surface area (Å²) in [7, 11) is 0. The normalized spacial score (nSPS) is 19.8. The number of hydrogen-bond donors (Lipinski definition) is 1. The van der Waals surface area contributed by atoms with E-state index in [9.17, 15) is 9.18 Å². The van der Waals surface area contributed by atoms with Gasteiger partial charge in [-0.2, -0.15) is 0 Å². The lowest BCUT2D eigenvalue weighted by Crippen LogP contribution is -2.43. The standard InChI is InChI=1S/C24H25ClFN5O2/c1-15-28-29-23(31(15)14-16-7-9-17(25)10-8-16)20-5-3-12-30(20)24(32)27-19-11-13-33-21-6-2-4-18(26)22(19)21/h2,4,6-10,19-20H,3,5,11-14H2,1H3,(H,27,32)/t19-,20?/m0/s1. The van der Waals surface area contributed by atoms with E-state index in [1.54, 1.807) is 17.0 Å². The molecule has 1 aromatic heterocycles. The zero-order valence-electron chi connectivity index (χ0n) is 18.3. The lowest BCUT2D eigenvalue weighted by molar-refractivity contribution is 0.178. The monoisotopic (exact) mass is 469 g/mol. The van der Waals surface area contributed by atoms with Gasteiger partial charge in [-0.15, -0.1) is 10.2 Å². The Labute approximate surface area is 196 Å². The average molecular weight is 470 g/mol. The molecule has 5 rings (SSSR count). The molecule has 1 N–H and O–H groups in total. The third kappa shape index (κ3) is 4.27. The number of likely N-dealkylation sites (tertiary alicyclic amines) is 1. The van der Waals surface area contributed by atoms with E-state index in [1.165, 1.54) is 6.07 Å². The number of rotatable bonds is 4. The summed E-state index contributed by atoms with van der Waals surface area (Å²) in [6, 6.07) is 11.6. The van der Waals surface area contributed by atoms with E-state index in [0.717, 1.165) is 30.1 Å². The van der Waals surface area contributed by atoms with Crippen molar-refractivity contribution in [2.45, 2.75) is 44.8 Å². The molecule has 2 aliphatic heterocycles. The Morgan fingerprint density at radius 3 is 2.85 bits per heavy atom. The number of nitrogens with zero attached hydrogens (tertiary/aromatic N) is 4. The minimum atomic E-state index is -0.433. The number of hydrogen-bond acceptors (Lipinski definition) is 4. The van der Waals surface area contributed by atoms with Crippen molar-refractivity contribution in [3.05, 3.63) is 76.1 Å². The fourth-order valence-electron chi connectivity index (χ4n) is 4.68. The third-order valence-electron chi connectivity index (χ3n) is 6.35. The number of ether oxygens (including phenoxy) is 1. The van der Waals surface area contributed by atoms with Crippen LogP contribution in [0.2, 0.25) is 5.02 Å². The second-order valence-electron chi connectivity index (χ2n) is 8.46. The van der Waals surface area contributed by atoms with Crippen LogP contribution < -0.4 is 10.1 Å². The van der Waals surface area contributed by atoms with Crippen LogP contribution in [0.5, 0.6) is 5.75 Å². The first-order valence-electron chi connectivity index (χ1n) is 11.1. The van der Waals surface area contributed by atoms with E-state index < -0.39 is 6.04 Å². The summed E-state index contributed by atoms with van der Waals surface area (Å²) >= 11 is 6.02. The molecule has 0 aliphatic carbocycles. The summed E-state index contributed by atoms with van der Waals surface area (Å²) < 4.78 is 22.1. The van der Waals surface area contributed by atoms with Gasteiger partial charge in [0.05, 0.1) is 30.8 Å². The summed E-state index contributed by atoms with van der Waals surface area (Å²) in [5.74, 6) is 1.66. The Bertz CT molecular complexity index is 1170. The SMILES string of the molecule is Cc1nnc(C2CCCN2C(=O)N[C@H]2CCOc3cccc(F)c32)n1Cc1ccc(Cl)cc1. The Kier molecular flexibility index (Phi) is 5.93. The Morgan fingerprint density at radius 2 is 2.03 bits per heavy atom. The maximum absolute atomic E-state index is 14.5. The molecular formula is C24H25ClFN5O2. The van der Waals surface area contributed by atoms with Crippen LogP contribution in [-0.4, -0.2) is 38.8 Å². The van der Waals surface area contributed by atoms with Gasteiger partial charge in [0.15, 0.2) is 5.82 Å². The van der Waals surface area contributed by atoms with Crippen molar-refractivity contribution in [3.63, 3.8) is 0 Å². The number of halogens is 2. The van der Waals surface area contributed by atoms with Gasteiger partial charge in [0.1, 0.15) is 17.4 Å². The summed E-state index contributed by atoms with van der Waals surface area (Å²) in [5.41, 5.74) is 1.49. The molecule has 2 aliphatic rings. The van der Waals surface area contributed by atoms with Crippen molar-refractivity contribution in [2.24, 2.45) is 0 Å². The van der Waals surface area contributed by atoms with Crippen molar-refractivity contribution in [2.75, 3.05) is 13.2 Å². The molecule has 172 valence electrons. The molecule has 9 heteroatoms. The fourth-order valence-corrected chi connectivity index (χ4v) is 4.80. The largest absolute Gasteiger partial charge is 0.493 e. The van der Waals surface area contributed by atoms with Gasteiger partial charge in [-0.25, -0.2) is 9.18 Å². The first-order chi connectivity index (χ1) is 16.0. The highest BCUT2D eigenvalue weighted by Crippen LogP contribution is 2.36. The second kappa shape index (κ2) is 9.02. The van der Waals surface area contributed by atoms with Crippen LogP contribution in [0.1, 0.15) is 54.1 Å². The number of aryl methyl sites for hydroxylation is 1. The number of urea groups is 1. The van der Waals surface area contributed by atoms with E-state index in [-0.39, 0.29) is 17.9 Å². The topological polar surface area (TPSA) is 72.3 Å². The van der Waals surface area contributed by atoms with Crippen LogP contribution >= 0.6 is 11.6 Å². The van der Waals surface area contributed by atoms with Crippen LogP contribution in [0.3, 0.4) is 0 Å². The summed E-state index contributed by atoms with van der Waals surface area (Å²) in [5, 5.41) is 12.4. The van der Waals surface area contributed by atoms with Gasteiger partial charge >= 0.3 is 6.03 Å². The minimum absolute atomic E-state index is 0.196. The number of amides is 2. The van der Waals surface area contributed by atoms with E-state index in [1.807, 2.05) is 35.8 Å². The molecule has 1 unspecified atom stereocenters. The maximum atomic E-state index is 14.5. The van der Waals surface area contributed by atoms with Gasteiger partial charge in [-0.05, 0) is 49.6 Å². The Balaban J connectivity index is 1.36. The molecule has 0 radical (unpaired) electrons. The molecule has 3 aromatic rings. The van der Waals surface area contributed by atoms with Crippen LogP contribution in [-0.2, 0) is 6.54 Å². The number of fused-ring (bicyclic) bond motifs is 1. The average Bonchev–Trinajstić information content (AvgIpc) is 3.42. The molecule has 2 aromatic carbocycles. The maximum Gasteiger partial charge on any atom is 0.318 e. The first kappa shape index (κ1) is 21.7. The fraction of sp³-hybridized carbons (Fsp3) is 0.375. The van der Waals surface area contributed by atoms with Crippen LogP contribution in [0.15, 0.2) is 42.5 Å². The third-order valence-corrected chi connectivity index (χ3v) is 6.61. The van der Waals surface area contributed by atoms with Gasteiger partial charge in [-0.1, -0.05) is 29.8 Å². The summed E-state index contributed by atoms with van der Waals surface area (Å²) in [6.45, 7) is 3.54. The van der Waals surface area contributed by atoms with Crippen molar-refractivity contribution in [1.29, 1.82) is 0 Å². The highest BCUT2D eigenvalue weighted by molar-refractivity contribution is 6.30. The molecule has 33 heavy (non-hydrogen) atoms. The molecule has 1 saturated heterocycles. The van der Waals surface area contributed by atoms with E-state index >= 15 is 0 Å². The Hall–Kier alpha value is -3.13. The molecule has 0 spiro atoms. The summed E-state index contributed by atoms with van der Waals surface area (Å²) in [6.07, 6.45) is 2.18. The molecule has 1 fully saturated rings. The van der Waals surface area contributed by atoms with Gasteiger partial charge in [0.25, 0.3) is 0 Å². The zero-order chi connectivity index (χ0) is 22.9. The molecule has 7 nitrogen and oxygen atoms in total. The highest BCUT2D eigenvalue weighted by atomic mass is 35.5. The van der Waals surface area contributed by atoms with E-state index in [4.69, 9.17) is 16.3 Å². The minimum Gasteiger partial charge on any atom is -0.493 e. The highest BCUT2D eigenvalue weighted by Gasteiger charge is 2.36. The number of benzene rings is 2. The van der Waals surface area contributed by atoms with Crippen LogP contribution in [0.4, 0.5) is 9.18 Å². The first-order valence-corrected chi connectivity index (χ1v) is 11.5. The Morgan fingerprint density at radius 1 is 1.21 bits per heavy atom.